The van der Waals surface area contributed by atoms with E-state index in [1.54, 1.807) is 17.4 Å². The number of hydrogen-bond donors (Lipinski definition) is 1. The summed E-state index contributed by atoms with van der Waals surface area (Å²) >= 11 is 1.67. The first-order chi connectivity index (χ1) is 13.7. The molecule has 0 saturated carbocycles. The first kappa shape index (κ1) is 17.0. The number of carbonyl (C=O) groups is 1. The summed E-state index contributed by atoms with van der Waals surface area (Å²) in [6.07, 6.45) is 3.60. The number of nitrogens with one attached hydrogen (secondary N) is 1. The van der Waals surface area contributed by atoms with Crippen LogP contribution < -0.4 is 10.1 Å². The summed E-state index contributed by atoms with van der Waals surface area (Å²) in [5, 5.41) is 3.88. The van der Waals surface area contributed by atoms with Gasteiger partial charge in [-0.25, -0.2) is 4.98 Å². The molecule has 5 nitrogen and oxygen atoms in total. The van der Waals surface area contributed by atoms with Crippen LogP contribution in [0.3, 0.4) is 0 Å². The molecule has 140 valence electrons. The van der Waals surface area contributed by atoms with Crippen molar-refractivity contribution in [3.05, 3.63) is 71.7 Å². The highest BCUT2D eigenvalue weighted by Crippen LogP contribution is 2.42. The summed E-state index contributed by atoms with van der Waals surface area (Å²) < 4.78 is 12.4. The predicted octanol–water partition coefficient (Wildman–Crippen LogP) is 4.60. The molecule has 1 atom stereocenters. The van der Waals surface area contributed by atoms with Crippen LogP contribution in [0.15, 0.2) is 59.4 Å². The molecule has 28 heavy (non-hydrogen) atoms. The number of fused-ring (bicyclic) bond motifs is 2. The van der Waals surface area contributed by atoms with Gasteiger partial charge in [0.2, 0.25) is 0 Å². The molecule has 1 aliphatic heterocycles. The molecule has 1 amide bonds. The number of para-hydroxylation sites is 1. The van der Waals surface area contributed by atoms with Gasteiger partial charge < -0.3 is 14.5 Å². The Morgan fingerprint density at radius 1 is 1.29 bits per heavy atom. The average Bonchev–Trinajstić information content (AvgIpc) is 3.43. The van der Waals surface area contributed by atoms with Crippen molar-refractivity contribution in [3.63, 3.8) is 0 Å². The lowest BCUT2D eigenvalue weighted by atomic mass is 10.0. The highest BCUT2D eigenvalue weighted by atomic mass is 32.1. The molecule has 0 radical (unpaired) electrons. The van der Waals surface area contributed by atoms with Gasteiger partial charge >= 0.3 is 0 Å². The monoisotopic (exact) mass is 390 g/mol. The van der Waals surface area contributed by atoms with E-state index >= 15 is 0 Å². The zero-order chi connectivity index (χ0) is 19.1. The van der Waals surface area contributed by atoms with E-state index in [-0.39, 0.29) is 12.0 Å². The summed E-state index contributed by atoms with van der Waals surface area (Å²) in [4.78, 5) is 16.9. The zero-order valence-corrected chi connectivity index (χ0v) is 16.1. The van der Waals surface area contributed by atoms with Crippen molar-refractivity contribution in [3.8, 4) is 16.3 Å². The maximum absolute atomic E-state index is 12.1. The molecule has 6 heteroatoms. The Balaban J connectivity index is 1.40. The smallest absolute Gasteiger partial charge is 0.254 e. The highest BCUT2D eigenvalue weighted by molar-refractivity contribution is 7.21. The summed E-state index contributed by atoms with van der Waals surface area (Å²) in [6, 6.07) is 14.1. The number of carbonyl (C=O) groups excluding carboxylic acids is 1. The molecule has 3 heterocycles. The van der Waals surface area contributed by atoms with Gasteiger partial charge in [-0.2, -0.15) is 0 Å². The van der Waals surface area contributed by atoms with Crippen LogP contribution in [0.5, 0.6) is 5.75 Å². The van der Waals surface area contributed by atoms with Crippen molar-refractivity contribution in [2.75, 3.05) is 6.54 Å². The minimum absolute atomic E-state index is 0.0965. The minimum Gasteiger partial charge on any atom is -0.487 e. The molecule has 4 aromatic rings. The number of ether oxygens (including phenoxy) is 1. The van der Waals surface area contributed by atoms with Crippen LogP contribution in [0.25, 0.3) is 20.8 Å². The SMILES string of the molecule is Cc1cc2c(c(-c3nc4ccccc4s3)c1)OC(CNC(=O)c1ccoc1)C2. The largest absolute Gasteiger partial charge is 0.487 e. The second-order valence-corrected chi connectivity index (χ2v) is 7.98. The van der Waals surface area contributed by atoms with Gasteiger partial charge in [-0.1, -0.05) is 18.2 Å². The van der Waals surface area contributed by atoms with Crippen LogP contribution in [0.2, 0.25) is 0 Å². The summed E-state index contributed by atoms with van der Waals surface area (Å²) in [5.74, 6) is 0.725. The zero-order valence-electron chi connectivity index (χ0n) is 15.3. The van der Waals surface area contributed by atoms with Crippen molar-refractivity contribution in [1.82, 2.24) is 10.3 Å². The van der Waals surface area contributed by atoms with Gasteiger partial charge in [-0.3, -0.25) is 4.79 Å². The molecule has 0 fully saturated rings. The molecule has 1 N–H and O–H groups in total. The normalized spacial score (nSPS) is 15.4. The maximum atomic E-state index is 12.1. The molecule has 0 saturated heterocycles. The van der Waals surface area contributed by atoms with Gasteiger partial charge in [-0.15, -0.1) is 11.3 Å². The topological polar surface area (TPSA) is 64.4 Å². The fraction of sp³-hybridized carbons (Fsp3) is 0.182. The summed E-state index contributed by atoms with van der Waals surface area (Å²) in [6.45, 7) is 2.53. The Labute approximate surface area is 166 Å². The van der Waals surface area contributed by atoms with Crippen molar-refractivity contribution in [1.29, 1.82) is 0 Å². The Bertz CT molecular complexity index is 1130. The lowest BCUT2D eigenvalue weighted by Crippen LogP contribution is -2.34. The van der Waals surface area contributed by atoms with Crippen molar-refractivity contribution in [2.45, 2.75) is 19.4 Å². The molecule has 0 spiro atoms. The highest BCUT2D eigenvalue weighted by Gasteiger charge is 2.28. The van der Waals surface area contributed by atoms with Crippen molar-refractivity contribution in [2.24, 2.45) is 0 Å². The second kappa shape index (κ2) is 6.80. The molecular formula is C22H18N2O3S. The van der Waals surface area contributed by atoms with E-state index in [0.29, 0.717) is 12.1 Å². The third-order valence-electron chi connectivity index (χ3n) is 4.84. The van der Waals surface area contributed by atoms with E-state index in [4.69, 9.17) is 14.1 Å². The number of aromatic nitrogens is 1. The quantitative estimate of drug-likeness (QED) is 0.553. The minimum atomic E-state index is -0.157. The molecular weight excluding hydrogens is 372 g/mol. The lowest BCUT2D eigenvalue weighted by molar-refractivity contribution is 0.0933. The van der Waals surface area contributed by atoms with E-state index in [1.165, 1.54) is 18.1 Å². The Morgan fingerprint density at radius 2 is 2.18 bits per heavy atom. The van der Waals surface area contributed by atoms with Gasteiger partial charge in [-0.05, 0) is 42.3 Å². The number of aryl methyl sites for hydroxylation is 1. The Morgan fingerprint density at radius 3 is 3.00 bits per heavy atom. The van der Waals surface area contributed by atoms with Crippen LogP contribution >= 0.6 is 11.3 Å². The van der Waals surface area contributed by atoms with E-state index in [2.05, 4.69) is 30.4 Å². The summed E-state index contributed by atoms with van der Waals surface area (Å²) in [5.41, 5.74) is 4.89. The number of nitrogens with zero attached hydrogens (tertiary/aromatic N) is 1. The first-order valence-corrected chi connectivity index (χ1v) is 9.95. The van der Waals surface area contributed by atoms with Gasteiger partial charge in [0.05, 0.1) is 34.2 Å². The molecule has 0 aliphatic carbocycles. The van der Waals surface area contributed by atoms with Crippen LogP contribution in [0.1, 0.15) is 21.5 Å². The van der Waals surface area contributed by atoms with Gasteiger partial charge in [0.25, 0.3) is 5.91 Å². The number of hydrogen-bond acceptors (Lipinski definition) is 5. The van der Waals surface area contributed by atoms with Gasteiger partial charge in [0.1, 0.15) is 23.1 Å². The lowest BCUT2D eigenvalue weighted by Gasteiger charge is -2.12. The van der Waals surface area contributed by atoms with Crippen LogP contribution in [0, 0.1) is 6.92 Å². The predicted molar refractivity (Wildman–Crippen MR) is 109 cm³/mol. The van der Waals surface area contributed by atoms with Crippen molar-refractivity contribution < 1.29 is 13.9 Å². The molecule has 0 bridgehead atoms. The third kappa shape index (κ3) is 3.05. The number of rotatable bonds is 4. The third-order valence-corrected chi connectivity index (χ3v) is 5.91. The molecule has 2 aromatic heterocycles. The Hall–Kier alpha value is -3.12. The van der Waals surface area contributed by atoms with Crippen LogP contribution in [-0.2, 0) is 6.42 Å². The fourth-order valence-corrected chi connectivity index (χ4v) is 4.53. The molecule has 1 unspecified atom stereocenters. The van der Waals surface area contributed by atoms with E-state index in [1.807, 2.05) is 18.2 Å². The summed E-state index contributed by atoms with van der Waals surface area (Å²) in [7, 11) is 0. The van der Waals surface area contributed by atoms with Crippen LogP contribution in [0.4, 0.5) is 0 Å². The fourth-order valence-electron chi connectivity index (χ4n) is 3.56. The van der Waals surface area contributed by atoms with Crippen LogP contribution in [-0.4, -0.2) is 23.5 Å². The number of amides is 1. The van der Waals surface area contributed by atoms with E-state index in [9.17, 15) is 4.79 Å². The maximum Gasteiger partial charge on any atom is 0.254 e. The number of furan rings is 1. The molecule has 1 aliphatic rings. The van der Waals surface area contributed by atoms with Gasteiger partial charge in [0.15, 0.2) is 0 Å². The molecule has 2 aromatic carbocycles. The Kier molecular flexibility index (Phi) is 4.13. The standard InChI is InChI=1S/C22H18N2O3S/c1-13-8-15-10-16(11-23-21(25)14-6-7-26-12-14)27-20(15)17(9-13)22-24-18-4-2-3-5-19(18)28-22/h2-9,12,16H,10-11H2,1H3,(H,23,25). The number of thiazole rings is 1. The van der Waals surface area contributed by atoms with E-state index < -0.39 is 0 Å². The molecule has 5 rings (SSSR count). The second-order valence-electron chi connectivity index (χ2n) is 6.95. The average molecular weight is 390 g/mol. The van der Waals surface area contributed by atoms with E-state index in [0.717, 1.165) is 38.5 Å². The first-order valence-electron chi connectivity index (χ1n) is 9.14. The van der Waals surface area contributed by atoms with Crippen molar-refractivity contribution >= 4 is 27.5 Å². The van der Waals surface area contributed by atoms with Gasteiger partial charge in [0, 0.05) is 6.42 Å². The number of benzene rings is 2.